The third-order valence-electron chi connectivity index (χ3n) is 6.09. The number of nitrogens with zero attached hydrogens (tertiary/aromatic N) is 1. The van der Waals surface area contributed by atoms with Crippen molar-refractivity contribution in [3.05, 3.63) is 0 Å². The van der Waals surface area contributed by atoms with Crippen molar-refractivity contribution in [2.24, 2.45) is 5.92 Å². The molecule has 1 N–H and O–H groups in total. The van der Waals surface area contributed by atoms with Crippen LogP contribution >= 0.6 is 0 Å². The Hall–Kier alpha value is -0.120. The summed E-state index contributed by atoms with van der Waals surface area (Å²) in [7, 11) is 0. The topological polar surface area (TPSA) is 24.5 Å². The molecule has 2 heterocycles. The first kappa shape index (κ1) is 14.8. The van der Waals surface area contributed by atoms with Crippen LogP contribution in [-0.2, 0) is 4.74 Å². The fourth-order valence-electron chi connectivity index (χ4n) is 3.97. The van der Waals surface area contributed by atoms with Gasteiger partial charge in [-0.05, 0) is 58.3 Å². The maximum absolute atomic E-state index is 6.00. The van der Waals surface area contributed by atoms with E-state index in [9.17, 15) is 0 Å². The van der Waals surface area contributed by atoms with Gasteiger partial charge in [-0.3, -0.25) is 4.90 Å². The van der Waals surface area contributed by atoms with E-state index in [0.29, 0.717) is 17.2 Å². The third kappa shape index (κ3) is 2.90. The summed E-state index contributed by atoms with van der Waals surface area (Å²) in [5.74, 6) is 0.902. The molecule has 0 bridgehead atoms. The highest BCUT2D eigenvalue weighted by Gasteiger charge is 2.49. The molecule has 1 saturated carbocycles. The van der Waals surface area contributed by atoms with Crippen LogP contribution in [0.4, 0.5) is 0 Å². The molecule has 3 unspecified atom stereocenters. The summed E-state index contributed by atoms with van der Waals surface area (Å²) in [5, 5.41) is 3.88. The summed E-state index contributed by atoms with van der Waals surface area (Å²) in [4.78, 5) is 2.75. The van der Waals surface area contributed by atoms with E-state index in [0.717, 1.165) is 25.6 Å². The van der Waals surface area contributed by atoms with E-state index in [4.69, 9.17) is 4.74 Å². The molecule has 3 fully saturated rings. The van der Waals surface area contributed by atoms with Crippen molar-refractivity contribution in [3.63, 3.8) is 0 Å². The van der Waals surface area contributed by atoms with Crippen molar-refractivity contribution in [1.82, 2.24) is 10.2 Å². The van der Waals surface area contributed by atoms with Crippen LogP contribution < -0.4 is 5.32 Å². The highest BCUT2D eigenvalue weighted by Crippen LogP contribution is 2.43. The Kier molecular flexibility index (Phi) is 4.13. The van der Waals surface area contributed by atoms with Gasteiger partial charge in [-0.2, -0.15) is 0 Å². The second kappa shape index (κ2) is 5.58. The zero-order chi connectivity index (χ0) is 14.2. The molecule has 0 aromatic rings. The first-order valence-corrected chi connectivity index (χ1v) is 8.67. The molecule has 3 rings (SSSR count). The molecule has 0 spiro atoms. The molecule has 116 valence electrons. The van der Waals surface area contributed by atoms with E-state index >= 15 is 0 Å². The van der Waals surface area contributed by atoms with Crippen LogP contribution in [0.2, 0.25) is 0 Å². The maximum Gasteiger partial charge on any atom is 0.0702 e. The van der Waals surface area contributed by atoms with E-state index in [1.54, 1.807) is 0 Å². The predicted molar refractivity (Wildman–Crippen MR) is 83.0 cm³/mol. The third-order valence-corrected chi connectivity index (χ3v) is 6.09. The van der Waals surface area contributed by atoms with E-state index in [-0.39, 0.29) is 0 Å². The molecular formula is C17H32N2O. The highest BCUT2D eigenvalue weighted by atomic mass is 16.5. The summed E-state index contributed by atoms with van der Waals surface area (Å²) in [6.07, 6.45) is 8.37. The Balaban J connectivity index is 1.68. The van der Waals surface area contributed by atoms with Crippen molar-refractivity contribution in [1.29, 1.82) is 0 Å². The highest BCUT2D eigenvalue weighted by molar-refractivity contribution is 5.07. The zero-order valence-electron chi connectivity index (χ0n) is 13.6. The van der Waals surface area contributed by atoms with E-state index in [1.807, 2.05) is 0 Å². The second-order valence-electron chi connectivity index (χ2n) is 7.76. The number of piperazine rings is 1. The largest absolute Gasteiger partial charge is 0.377 e. The predicted octanol–water partition coefficient (Wildman–Crippen LogP) is 2.80. The summed E-state index contributed by atoms with van der Waals surface area (Å²) >= 11 is 0. The summed E-state index contributed by atoms with van der Waals surface area (Å²) < 4.78 is 6.00. The van der Waals surface area contributed by atoms with Crippen LogP contribution in [0.3, 0.4) is 0 Å². The number of hydrogen-bond donors (Lipinski definition) is 1. The molecule has 0 radical (unpaired) electrons. The van der Waals surface area contributed by atoms with E-state index in [1.165, 1.54) is 45.1 Å². The standard InChI is InChI=1S/C17H32N2O/c1-4-16(2)12-18-17(3,14-8-9-14)13-19(16)11-15-7-5-6-10-20-15/h14-15,18H,4-13H2,1-3H3. The minimum Gasteiger partial charge on any atom is -0.377 e. The van der Waals surface area contributed by atoms with Crippen LogP contribution in [0.1, 0.15) is 59.3 Å². The molecule has 0 amide bonds. The first-order valence-electron chi connectivity index (χ1n) is 8.67. The lowest BCUT2D eigenvalue weighted by Crippen LogP contribution is -2.69. The van der Waals surface area contributed by atoms with Gasteiger partial charge in [0.05, 0.1) is 6.10 Å². The van der Waals surface area contributed by atoms with Crippen LogP contribution in [0, 0.1) is 5.92 Å². The lowest BCUT2D eigenvalue weighted by atomic mass is 9.84. The van der Waals surface area contributed by atoms with Crippen LogP contribution in [0.5, 0.6) is 0 Å². The number of hydrogen-bond acceptors (Lipinski definition) is 3. The lowest BCUT2D eigenvalue weighted by Gasteiger charge is -2.53. The van der Waals surface area contributed by atoms with E-state index < -0.39 is 0 Å². The Labute approximate surface area is 124 Å². The number of rotatable bonds is 4. The fraction of sp³-hybridized carbons (Fsp3) is 1.00. The van der Waals surface area contributed by atoms with Crippen molar-refractivity contribution >= 4 is 0 Å². The summed E-state index contributed by atoms with van der Waals surface area (Å²) in [6, 6.07) is 0. The Morgan fingerprint density at radius 3 is 2.60 bits per heavy atom. The van der Waals surface area contributed by atoms with Crippen molar-refractivity contribution in [2.75, 3.05) is 26.2 Å². The minimum absolute atomic E-state index is 0.301. The Bertz CT molecular complexity index is 338. The van der Waals surface area contributed by atoms with Gasteiger partial charge in [0.2, 0.25) is 0 Å². The molecule has 0 aromatic heterocycles. The summed E-state index contributed by atoms with van der Waals surface area (Å²) in [5.41, 5.74) is 0.637. The average Bonchev–Trinajstić information content (AvgIpc) is 3.29. The Morgan fingerprint density at radius 1 is 1.20 bits per heavy atom. The molecule has 2 aliphatic heterocycles. The van der Waals surface area contributed by atoms with Gasteiger partial charge in [-0.15, -0.1) is 0 Å². The zero-order valence-corrected chi connectivity index (χ0v) is 13.6. The van der Waals surface area contributed by atoms with Gasteiger partial charge in [-0.1, -0.05) is 6.92 Å². The molecule has 2 saturated heterocycles. The van der Waals surface area contributed by atoms with Gasteiger partial charge in [0.15, 0.2) is 0 Å². The second-order valence-corrected chi connectivity index (χ2v) is 7.76. The molecular weight excluding hydrogens is 248 g/mol. The molecule has 1 aliphatic carbocycles. The van der Waals surface area contributed by atoms with Gasteiger partial charge in [0.25, 0.3) is 0 Å². The van der Waals surface area contributed by atoms with Crippen LogP contribution in [0.25, 0.3) is 0 Å². The quantitative estimate of drug-likeness (QED) is 0.857. The first-order chi connectivity index (χ1) is 9.56. The molecule has 20 heavy (non-hydrogen) atoms. The van der Waals surface area contributed by atoms with Gasteiger partial charge in [0, 0.05) is 37.3 Å². The normalized spacial score (nSPS) is 43.6. The van der Waals surface area contributed by atoms with Gasteiger partial charge >= 0.3 is 0 Å². The number of ether oxygens (including phenoxy) is 1. The molecule has 3 aliphatic rings. The number of nitrogens with one attached hydrogen (secondary N) is 1. The van der Waals surface area contributed by atoms with E-state index in [2.05, 4.69) is 31.0 Å². The van der Waals surface area contributed by atoms with Crippen LogP contribution in [-0.4, -0.2) is 48.3 Å². The van der Waals surface area contributed by atoms with Crippen LogP contribution in [0.15, 0.2) is 0 Å². The van der Waals surface area contributed by atoms with Crippen molar-refractivity contribution in [2.45, 2.75) is 76.5 Å². The maximum atomic E-state index is 6.00. The smallest absolute Gasteiger partial charge is 0.0702 e. The lowest BCUT2D eigenvalue weighted by molar-refractivity contribution is -0.0559. The average molecular weight is 280 g/mol. The van der Waals surface area contributed by atoms with Gasteiger partial charge in [-0.25, -0.2) is 0 Å². The SMILES string of the molecule is CCC1(C)CNC(C)(C2CC2)CN1CC1CCCCO1. The molecule has 3 nitrogen and oxygen atoms in total. The van der Waals surface area contributed by atoms with Crippen molar-refractivity contribution < 1.29 is 4.74 Å². The molecule has 3 heteroatoms. The molecule has 0 aromatic carbocycles. The summed E-state index contributed by atoms with van der Waals surface area (Å²) in [6.45, 7) is 11.6. The molecule has 3 atom stereocenters. The van der Waals surface area contributed by atoms with Crippen molar-refractivity contribution in [3.8, 4) is 0 Å². The monoisotopic (exact) mass is 280 g/mol. The fourth-order valence-corrected chi connectivity index (χ4v) is 3.97. The minimum atomic E-state index is 0.301. The van der Waals surface area contributed by atoms with Gasteiger partial charge < -0.3 is 10.1 Å². The van der Waals surface area contributed by atoms with Gasteiger partial charge in [0.1, 0.15) is 0 Å². The Morgan fingerprint density at radius 2 is 2.00 bits per heavy atom.